The van der Waals surface area contributed by atoms with Crippen molar-refractivity contribution in [3.63, 3.8) is 0 Å². The summed E-state index contributed by atoms with van der Waals surface area (Å²) in [7, 11) is 0. The van der Waals surface area contributed by atoms with E-state index in [1.807, 2.05) is 0 Å². The third-order valence-electron chi connectivity index (χ3n) is 6.34. The summed E-state index contributed by atoms with van der Waals surface area (Å²) >= 11 is 2.09. The topological polar surface area (TPSA) is 6.48 Å². The van der Waals surface area contributed by atoms with Gasteiger partial charge >= 0.3 is 0 Å². The average molecular weight is 367 g/mol. The summed E-state index contributed by atoms with van der Waals surface area (Å²) in [6.45, 7) is 4.98. The Bertz CT molecular complexity index is 605. The second-order valence-electron chi connectivity index (χ2n) is 8.09. The Morgan fingerprint density at radius 2 is 1.92 bits per heavy atom. The van der Waals surface area contributed by atoms with Crippen LogP contribution < -0.4 is 0 Å². The smallest absolute Gasteiger partial charge is 0.163 e. The van der Waals surface area contributed by atoms with Crippen molar-refractivity contribution >= 4 is 11.8 Å². The maximum atomic E-state index is 14.0. The van der Waals surface area contributed by atoms with Crippen molar-refractivity contribution in [2.45, 2.75) is 44.7 Å². The fraction of sp³-hybridized carbons (Fsp3) is 0.700. The zero-order chi connectivity index (χ0) is 17.3. The summed E-state index contributed by atoms with van der Waals surface area (Å²) in [6, 6.07) is 5.32. The second kappa shape index (κ2) is 7.53. The highest BCUT2D eigenvalue weighted by atomic mass is 32.2. The van der Waals surface area contributed by atoms with Crippen LogP contribution in [-0.2, 0) is 6.54 Å². The Balaban J connectivity index is 1.40. The van der Waals surface area contributed by atoms with Gasteiger partial charge in [0.25, 0.3) is 0 Å². The molecule has 0 aromatic heterocycles. The Kier molecular flexibility index (Phi) is 5.35. The normalized spacial score (nSPS) is 29.5. The van der Waals surface area contributed by atoms with Crippen molar-refractivity contribution in [3.8, 4) is 0 Å². The summed E-state index contributed by atoms with van der Waals surface area (Å²) in [5.74, 6) is 1.21. The Labute approximate surface area is 153 Å². The lowest BCUT2D eigenvalue weighted by Gasteiger charge is -2.41. The first kappa shape index (κ1) is 17.7. The lowest BCUT2D eigenvalue weighted by Crippen LogP contribution is -2.46. The maximum absolute atomic E-state index is 14.0. The molecule has 3 fully saturated rings. The highest BCUT2D eigenvalue weighted by Crippen LogP contribution is 2.41. The molecule has 138 valence electrons. The molecule has 0 aliphatic carbocycles. The van der Waals surface area contributed by atoms with E-state index < -0.39 is 11.6 Å². The van der Waals surface area contributed by atoms with Crippen LogP contribution in [0.4, 0.5) is 8.78 Å². The summed E-state index contributed by atoms with van der Waals surface area (Å²) in [5.41, 5.74) is 0.864. The number of nitrogens with zero attached hydrogens (tertiary/aromatic N) is 2. The molecular weight excluding hydrogens is 338 g/mol. The molecule has 3 aliphatic heterocycles. The van der Waals surface area contributed by atoms with Crippen LogP contribution in [0.1, 0.15) is 37.7 Å². The molecule has 1 aromatic rings. The van der Waals surface area contributed by atoms with Crippen LogP contribution in [0.3, 0.4) is 0 Å². The third-order valence-corrected chi connectivity index (χ3v) is 7.39. The molecule has 3 aliphatic rings. The number of likely N-dealkylation sites (tertiary alicyclic amines) is 2. The first-order chi connectivity index (χ1) is 12.2. The molecule has 0 amide bonds. The van der Waals surface area contributed by atoms with Gasteiger partial charge in [0.1, 0.15) is 0 Å². The molecular formula is C20H28F2N2S. The molecule has 1 atom stereocenters. The minimum Gasteiger partial charge on any atom is -0.300 e. The van der Waals surface area contributed by atoms with E-state index >= 15 is 0 Å². The van der Waals surface area contributed by atoms with Gasteiger partial charge in [-0.15, -0.1) is 0 Å². The molecule has 0 saturated carbocycles. The van der Waals surface area contributed by atoms with Crippen molar-refractivity contribution in [1.29, 1.82) is 0 Å². The fourth-order valence-corrected chi connectivity index (χ4v) is 6.10. The highest BCUT2D eigenvalue weighted by Gasteiger charge is 2.43. The Hall–Kier alpha value is -0.650. The van der Waals surface area contributed by atoms with Gasteiger partial charge in [-0.3, -0.25) is 9.80 Å². The van der Waals surface area contributed by atoms with Gasteiger partial charge in [-0.2, -0.15) is 11.8 Å². The van der Waals surface area contributed by atoms with Crippen LogP contribution in [-0.4, -0.2) is 53.5 Å². The van der Waals surface area contributed by atoms with Crippen molar-refractivity contribution in [1.82, 2.24) is 9.80 Å². The van der Waals surface area contributed by atoms with E-state index in [-0.39, 0.29) is 0 Å². The minimum atomic E-state index is -0.730. The molecule has 0 N–H and O–H groups in total. The number of benzene rings is 1. The molecule has 25 heavy (non-hydrogen) atoms. The lowest BCUT2D eigenvalue weighted by molar-refractivity contribution is 0.0796. The zero-order valence-corrected chi connectivity index (χ0v) is 15.7. The Morgan fingerprint density at radius 1 is 1.08 bits per heavy atom. The monoisotopic (exact) mass is 366 g/mol. The first-order valence-corrected chi connectivity index (χ1v) is 10.8. The molecule has 5 heteroatoms. The SMILES string of the molecule is Fc1cccc(CN2CCCC3(CCN(C4CCSCC4)C3)C2)c1F. The van der Waals surface area contributed by atoms with Gasteiger partial charge in [-0.25, -0.2) is 8.78 Å². The molecule has 0 bridgehead atoms. The molecule has 3 heterocycles. The average Bonchev–Trinajstić information content (AvgIpc) is 3.03. The van der Waals surface area contributed by atoms with Crippen molar-refractivity contribution in [3.05, 3.63) is 35.4 Å². The van der Waals surface area contributed by atoms with Gasteiger partial charge in [0, 0.05) is 31.2 Å². The summed E-state index contributed by atoms with van der Waals surface area (Å²) in [6.07, 6.45) is 6.38. The minimum absolute atomic E-state index is 0.368. The van der Waals surface area contributed by atoms with Crippen molar-refractivity contribution in [2.24, 2.45) is 5.41 Å². The van der Waals surface area contributed by atoms with Gasteiger partial charge in [-0.05, 0) is 68.2 Å². The summed E-state index contributed by atoms with van der Waals surface area (Å²) < 4.78 is 27.5. The van der Waals surface area contributed by atoms with Crippen LogP contribution in [0, 0.1) is 17.0 Å². The second-order valence-corrected chi connectivity index (χ2v) is 9.32. The standard InChI is InChI=1S/C20H28F2N2S/c21-18-4-1-3-16(19(18)22)13-23-9-2-7-20(14-23)8-10-24(15-20)17-5-11-25-12-6-17/h1,3-4,17H,2,5-15H2. The molecule has 3 saturated heterocycles. The fourth-order valence-electron chi connectivity index (χ4n) is 5.02. The molecule has 1 aromatic carbocycles. The largest absolute Gasteiger partial charge is 0.300 e. The zero-order valence-electron chi connectivity index (χ0n) is 14.9. The van der Waals surface area contributed by atoms with Gasteiger partial charge in [0.15, 0.2) is 11.6 Å². The molecule has 1 spiro atoms. The summed E-state index contributed by atoms with van der Waals surface area (Å²) in [5, 5.41) is 0. The quantitative estimate of drug-likeness (QED) is 0.794. The molecule has 4 rings (SSSR count). The number of piperidine rings is 1. The van der Waals surface area contributed by atoms with Crippen LogP contribution in [0.25, 0.3) is 0 Å². The number of halogens is 2. The molecule has 0 radical (unpaired) electrons. The van der Waals surface area contributed by atoms with Gasteiger partial charge in [0.05, 0.1) is 0 Å². The van der Waals surface area contributed by atoms with Gasteiger partial charge < -0.3 is 0 Å². The molecule has 2 nitrogen and oxygen atoms in total. The van der Waals surface area contributed by atoms with E-state index in [9.17, 15) is 8.78 Å². The first-order valence-electron chi connectivity index (χ1n) is 9.62. The summed E-state index contributed by atoms with van der Waals surface area (Å²) in [4.78, 5) is 5.08. The van der Waals surface area contributed by atoms with E-state index in [1.165, 1.54) is 62.8 Å². The number of hydrogen-bond donors (Lipinski definition) is 0. The van der Waals surface area contributed by atoms with Crippen LogP contribution in [0.5, 0.6) is 0 Å². The van der Waals surface area contributed by atoms with E-state index in [4.69, 9.17) is 0 Å². The third kappa shape index (κ3) is 3.88. The molecule has 1 unspecified atom stereocenters. The van der Waals surface area contributed by atoms with Crippen molar-refractivity contribution in [2.75, 3.05) is 37.7 Å². The van der Waals surface area contributed by atoms with Crippen LogP contribution in [0.2, 0.25) is 0 Å². The van der Waals surface area contributed by atoms with Crippen molar-refractivity contribution < 1.29 is 8.78 Å². The van der Waals surface area contributed by atoms with E-state index in [0.29, 0.717) is 17.5 Å². The van der Waals surface area contributed by atoms with Gasteiger partial charge in [-0.1, -0.05) is 12.1 Å². The Morgan fingerprint density at radius 3 is 2.76 bits per heavy atom. The van der Waals surface area contributed by atoms with E-state index in [2.05, 4.69) is 21.6 Å². The van der Waals surface area contributed by atoms with Crippen LogP contribution in [0.15, 0.2) is 18.2 Å². The maximum Gasteiger partial charge on any atom is 0.163 e. The van der Waals surface area contributed by atoms with Crippen LogP contribution >= 0.6 is 11.8 Å². The number of rotatable bonds is 3. The van der Waals surface area contributed by atoms with E-state index in [0.717, 1.165) is 19.1 Å². The highest BCUT2D eigenvalue weighted by molar-refractivity contribution is 7.99. The van der Waals surface area contributed by atoms with Gasteiger partial charge in [0.2, 0.25) is 0 Å². The number of hydrogen-bond acceptors (Lipinski definition) is 3. The predicted octanol–water partition coefficient (Wildman–Crippen LogP) is 4.15. The van der Waals surface area contributed by atoms with E-state index in [1.54, 1.807) is 12.1 Å². The lowest BCUT2D eigenvalue weighted by atomic mass is 9.79. The predicted molar refractivity (Wildman–Crippen MR) is 99.8 cm³/mol. The number of thioether (sulfide) groups is 1.